The van der Waals surface area contributed by atoms with E-state index in [0.717, 1.165) is 13.1 Å². The van der Waals surface area contributed by atoms with Crippen LogP contribution in [0.5, 0.6) is 0 Å². The van der Waals surface area contributed by atoms with Gasteiger partial charge in [0.25, 0.3) is 0 Å². The number of nitrogens with zero attached hydrogens (tertiary/aromatic N) is 3. The Hall–Kier alpha value is -2.27. The number of aliphatic hydroxyl groups is 1. The van der Waals surface area contributed by atoms with Crippen molar-refractivity contribution in [3.05, 3.63) is 25.3 Å². The monoisotopic (exact) mass is 505 g/mol. The minimum absolute atomic E-state index is 0.00417. The molecule has 4 aliphatic heterocycles. The molecular weight excluding hydrogens is 466 g/mol. The maximum Gasteiger partial charge on any atom is 0.313 e. The number of esters is 1. The lowest BCUT2D eigenvalue weighted by molar-refractivity contribution is -0.161. The number of carbonyl (C=O) groups is 3. The molecule has 2 bridgehead atoms. The fourth-order valence-electron chi connectivity index (χ4n) is 6.64. The predicted octanol–water partition coefficient (Wildman–Crippen LogP) is 0.210. The highest BCUT2D eigenvalue weighted by Gasteiger charge is 2.79. The summed E-state index contributed by atoms with van der Waals surface area (Å²) < 4.78 is 17.5. The highest BCUT2D eigenvalue weighted by molar-refractivity contribution is 5.98. The Morgan fingerprint density at radius 3 is 2.61 bits per heavy atom. The molecular formula is C26H39N3O7. The first-order valence-electron chi connectivity index (χ1n) is 13.0. The predicted molar refractivity (Wildman–Crippen MR) is 131 cm³/mol. The molecule has 4 aliphatic rings. The molecule has 4 saturated heterocycles. The van der Waals surface area contributed by atoms with Gasteiger partial charge in [-0.25, -0.2) is 0 Å². The van der Waals surface area contributed by atoms with E-state index in [-0.39, 0.29) is 31.6 Å². The molecule has 200 valence electrons. The van der Waals surface area contributed by atoms with Crippen molar-refractivity contribution >= 4 is 17.8 Å². The van der Waals surface area contributed by atoms with Crippen molar-refractivity contribution in [3.63, 3.8) is 0 Å². The lowest BCUT2D eigenvalue weighted by atomic mass is 9.65. The highest BCUT2D eigenvalue weighted by atomic mass is 16.6. The van der Waals surface area contributed by atoms with Crippen molar-refractivity contribution in [1.82, 2.24) is 14.7 Å². The second kappa shape index (κ2) is 11.0. The maximum atomic E-state index is 14.2. The van der Waals surface area contributed by atoms with Gasteiger partial charge in [0.2, 0.25) is 11.8 Å². The van der Waals surface area contributed by atoms with Crippen LogP contribution in [0.2, 0.25) is 0 Å². The Balaban J connectivity index is 1.65. The molecule has 0 aromatic carbocycles. The zero-order valence-electron chi connectivity index (χ0n) is 21.2. The van der Waals surface area contributed by atoms with E-state index in [2.05, 4.69) is 18.1 Å². The third-order valence-corrected chi connectivity index (χ3v) is 8.30. The number of carbonyl (C=O) groups excluding carboxylic acids is 3. The summed E-state index contributed by atoms with van der Waals surface area (Å²) in [5.74, 6) is -2.69. The van der Waals surface area contributed by atoms with E-state index in [1.165, 1.54) is 11.0 Å². The highest BCUT2D eigenvalue weighted by Crippen LogP contribution is 2.64. The van der Waals surface area contributed by atoms with E-state index < -0.39 is 35.0 Å². The smallest absolute Gasteiger partial charge is 0.313 e. The summed E-state index contributed by atoms with van der Waals surface area (Å²) in [5, 5.41) is 9.78. The average Bonchev–Trinajstić information content (AvgIpc) is 3.49. The summed E-state index contributed by atoms with van der Waals surface area (Å²) in [7, 11) is 0. The molecule has 36 heavy (non-hydrogen) atoms. The zero-order chi connectivity index (χ0) is 25.9. The van der Waals surface area contributed by atoms with E-state index in [4.69, 9.17) is 14.2 Å². The molecule has 0 aliphatic carbocycles. The molecule has 1 N–H and O–H groups in total. The molecule has 0 radical (unpaired) electrons. The Morgan fingerprint density at radius 2 is 1.97 bits per heavy atom. The van der Waals surface area contributed by atoms with Crippen LogP contribution in [-0.2, 0) is 28.6 Å². The number of rotatable bonds is 12. The molecule has 0 aromatic rings. The van der Waals surface area contributed by atoms with Gasteiger partial charge in [-0.2, -0.15) is 0 Å². The van der Waals surface area contributed by atoms with Gasteiger partial charge in [0.15, 0.2) is 0 Å². The van der Waals surface area contributed by atoms with E-state index in [1.807, 2.05) is 6.92 Å². The summed E-state index contributed by atoms with van der Waals surface area (Å²) in [4.78, 5) is 46.5. The molecule has 5 atom stereocenters. The van der Waals surface area contributed by atoms with Gasteiger partial charge >= 0.3 is 5.97 Å². The van der Waals surface area contributed by atoms with Crippen LogP contribution in [0.15, 0.2) is 25.3 Å². The van der Waals surface area contributed by atoms with Gasteiger partial charge in [0.05, 0.1) is 31.3 Å². The molecule has 4 rings (SSSR count). The molecule has 0 saturated carbocycles. The van der Waals surface area contributed by atoms with Crippen LogP contribution in [0.3, 0.4) is 0 Å². The fourth-order valence-corrected chi connectivity index (χ4v) is 6.64. The summed E-state index contributed by atoms with van der Waals surface area (Å²) in [6.07, 6.45) is 4.75. The summed E-state index contributed by atoms with van der Waals surface area (Å²) >= 11 is 0. The summed E-state index contributed by atoms with van der Waals surface area (Å²) in [5.41, 5.74) is -1.98. The molecule has 10 heteroatoms. The first-order chi connectivity index (χ1) is 17.4. The third-order valence-electron chi connectivity index (χ3n) is 8.30. The van der Waals surface area contributed by atoms with E-state index >= 15 is 0 Å². The lowest BCUT2D eigenvalue weighted by Crippen LogP contribution is -2.57. The second-order valence-corrected chi connectivity index (χ2v) is 10.0. The lowest BCUT2D eigenvalue weighted by Gasteiger charge is -2.37. The number of likely N-dealkylation sites (tertiary alicyclic amines) is 1. The normalized spacial score (nSPS) is 33.4. The van der Waals surface area contributed by atoms with Gasteiger partial charge in [0, 0.05) is 39.3 Å². The quantitative estimate of drug-likeness (QED) is 0.296. The molecule has 4 heterocycles. The van der Waals surface area contributed by atoms with Crippen LogP contribution < -0.4 is 0 Å². The minimum Gasteiger partial charge on any atom is -0.461 e. The van der Waals surface area contributed by atoms with E-state index in [0.29, 0.717) is 52.1 Å². The third kappa shape index (κ3) is 4.38. The largest absolute Gasteiger partial charge is 0.461 e. The molecule has 4 fully saturated rings. The Kier molecular flexibility index (Phi) is 8.18. The zero-order valence-corrected chi connectivity index (χ0v) is 21.2. The maximum absolute atomic E-state index is 14.2. The Labute approximate surface area is 212 Å². The van der Waals surface area contributed by atoms with Crippen molar-refractivity contribution in [2.24, 2.45) is 11.8 Å². The van der Waals surface area contributed by atoms with Crippen LogP contribution in [0, 0.1) is 11.8 Å². The number of hydrogen-bond donors (Lipinski definition) is 1. The molecule has 10 nitrogen and oxygen atoms in total. The fraction of sp³-hybridized carbons (Fsp3) is 0.731. The van der Waals surface area contributed by atoms with Crippen molar-refractivity contribution in [1.29, 1.82) is 0 Å². The minimum atomic E-state index is -1.13. The van der Waals surface area contributed by atoms with Crippen LogP contribution >= 0.6 is 0 Å². The van der Waals surface area contributed by atoms with Crippen molar-refractivity contribution in [2.75, 3.05) is 65.7 Å². The number of β-amino-alcohol motifs (C(OH)–C–C–N with tert-alkyl or cyclic N) is 1. The first kappa shape index (κ1) is 26.8. The number of aliphatic hydroxyl groups excluding tert-OH is 1. The van der Waals surface area contributed by atoms with Gasteiger partial charge in [-0.3, -0.25) is 19.3 Å². The molecule has 2 unspecified atom stereocenters. The number of hydrogen-bond acceptors (Lipinski definition) is 8. The summed E-state index contributed by atoms with van der Waals surface area (Å²) in [6, 6.07) is -0.919. The number of morpholine rings is 1. The molecule has 2 amide bonds. The Bertz CT molecular complexity index is 876. The molecule has 0 aromatic heterocycles. The van der Waals surface area contributed by atoms with E-state index in [1.54, 1.807) is 11.0 Å². The van der Waals surface area contributed by atoms with Crippen LogP contribution in [0.4, 0.5) is 0 Å². The van der Waals surface area contributed by atoms with Gasteiger partial charge < -0.3 is 29.1 Å². The number of fused-ring (bicyclic) bond motifs is 1. The second-order valence-electron chi connectivity index (χ2n) is 10.0. The van der Waals surface area contributed by atoms with Crippen molar-refractivity contribution in [3.8, 4) is 0 Å². The van der Waals surface area contributed by atoms with Crippen molar-refractivity contribution in [2.45, 2.75) is 43.4 Å². The van der Waals surface area contributed by atoms with Gasteiger partial charge in [-0.1, -0.05) is 25.7 Å². The standard InChI is InChI=1S/C26H39N3O7/c1-4-9-28(11-10-27-13-17-34-18-14-27)23(32)21-26-8-7-25(6-3,36-26)20(24(33)35-16-5-2)19(26)22(31)29(21)12-15-30/h4-5,19-21,30H,1-2,6-18H2,3H3/t19-,20-,21?,25+,26?/m0/s1. The van der Waals surface area contributed by atoms with Crippen molar-refractivity contribution < 1.29 is 33.7 Å². The topological polar surface area (TPSA) is 109 Å². The SMILES string of the molecule is C=CCOC(=O)[C@@H]1[C@H]2C(=O)N(CCO)C(C(=O)N(CC=C)CCN3CCOCC3)C23CC[C@@]1(CC)O3. The van der Waals surface area contributed by atoms with E-state index in [9.17, 15) is 19.5 Å². The average molecular weight is 506 g/mol. The first-order valence-corrected chi connectivity index (χ1v) is 13.0. The van der Waals surface area contributed by atoms with Gasteiger partial charge in [0.1, 0.15) is 24.2 Å². The van der Waals surface area contributed by atoms with Crippen LogP contribution in [-0.4, -0.2) is 121 Å². The number of amides is 2. The number of ether oxygens (including phenoxy) is 3. The molecule has 1 spiro atoms. The van der Waals surface area contributed by atoms with Gasteiger partial charge in [-0.15, -0.1) is 6.58 Å². The van der Waals surface area contributed by atoms with Crippen LogP contribution in [0.1, 0.15) is 26.2 Å². The van der Waals surface area contributed by atoms with Gasteiger partial charge in [-0.05, 0) is 19.3 Å². The Morgan fingerprint density at radius 1 is 1.22 bits per heavy atom. The summed E-state index contributed by atoms with van der Waals surface area (Å²) in [6.45, 7) is 13.5. The van der Waals surface area contributed by atoms with Crippen LogP contribution in [0.25, 0.3) is 0 Å².